The third-order valence-corrected chi connectivity index (χ3v) is 2.82. The molecule has 1 atom stereocenters. The molecule has 1 aromatic carbocycles. The average Bonchev–Trinajstić information content (AvgIpc) is 2.58. The highest BCUT2D eigenvalue weighted by Gasteiger charge is 2.26. The molecule has 0 bridgehead atoms. The minimum Gasteiger partial charge on any atom is -0.460 e. The quantitative estimate of drug-likeness (QED) is 0.232. The molecule has 0 spiro atoms. The number of nitro groups is 1. The van der Waals surface area contributed by atoms with Crippen LogP contribution in [0.3, 0.4) is 0 Å². The fraction of sp³-hybridized carbons (Fsp3) is 0.438. The van der Waals surface area contributed by atoms with Gasteiger partial charge in [-0.2, -0.15) is 0 Å². The first-order valence-electron chi connectivity index (χ1n) is 7.83. The Morgan fingerprint density at radius 1 is 1.21 bits per heavy atom. The van der Waals surface area contributed by atoms with Crippen LogP contribution in [0.2, 0.25) is 0 Å². The van der Waals surface area contributed by atoms with Crippen molar-refractivity contribution in [1.29, 1.82) is 0 Å². The zero-order valence-corrected chi connectivity index (χ0v) is 15.6. The van der Waals surface area contributed by atoms with Gasteiger partial charge >= 0.3 is 18.1 Å². The molecule has 0 aliphatic rings. The SMILES string of the molecule is COC(=O)Oc1ccc([N+](=O)[O-])cc1OOC(=O)C(N)CC(=O)OC(C)(C)C. The van der Waals surface area contributed by atoms with Crippen LogP contribution in [0.15, 0.2) is 18.2 Å². The molecule has 0 aromatic heterocycles. The first-order valence-corrected chi connectivity index (χ1v) is 7.83. The van der Waals surface area contributed by atoms with E-state index in [9.17, 15) is 24.5 Å². The molecule has 0 saturated heterocycles. The van der Waals surface area contributed by atoms with Crippen molar-refractivity contribution in [3.8, 4) is 11.5 Å². The van der Waals surface area contributed by atoms with E-state index in [-0.39, 0.29) is 5.75 Å². The van der Waals surface area contributed by atoms with Crippen LogP contribution in [-0.4, -0.2) is 41.8 Å². The third kappa shape index (κ3) is 7.45. The summed E-state index contributed by atoms with van der Waals surface area (Å²) < 4.78 is 14.1. The lowest BCUT2D eigenvalue weighted by molar-refractivity contribution is -0.385. The van der Waals surface area contributed by atoms with Gasteiger partial charge in [0.05, 0.1) is 24.5 Å². The Morgan fingerprint density at radius 2 is 1.86 bits per heavy atom. The molecule has 0 radical (unpaired) electrons. The first kappa shape index (κ1) is 22.6. The summed E-state index contributed by atoms with van der Waals surface area (Å²) in [4.78, 5) is 54.1. The van der Waals surface area contributed by atoms with Crippen molar-refractivity contribution in [2.45, 2.75) is 38.8 Å². The number of rotatable bonds is 7. The summed E-state index contributed by atoms with van der Waals surface area (Å²) in [6.45, 7) is 4.93. The monoisotopic (exact) mass is 400 g/mol. The molecule has 154 valence electrons. The van der Waals surface area contributed by atoms with E-state index in [1.165, 1.54) is 0 Å². The van der Waals surface area contributed by atoms with Gasteiger partial charge < -0.3 is 19.9 Å². The predicted octanol–water partition coefficient (Wildman–Crippen LogP) is 1.64. The second-order valence-corrected chi connectivity index (χ2v) is 6.33. The number of hydrogen-bond donors (Lipinski definition) is 1. The standard InChI is InChI=1S/C16H20N2O10/c1-16(2,3)26-13(19)8-10(17)14(20)28-27-12-7-9(18(22)23)5-6-11(12)25-15(21)24-4/h5-7,10H,8,17H2,1-4H3. The Morgan fingerprint density at radius 3 is 2.39 bits per heavy atom. The molecule has 1 unspecified atom stereocenters. The molecule has 0 aliphatic carbocycles. The van der Waals surface area contributed by atoms with Crippen molar-refractivity contribution in [3.05, 3.63) is 28.3 Å². The smallest absolute Gasteiger partial charge is 0.460 e. The Balaban J connectivity index is 2.81. The fourth-order valence-corrected chi connectivity index (χ4v) is 1.69. The number of nitro benzene ring substituents is 1. The molecule has 1 rings (SSSR count). The predicted molar refractivity (Wildman–Crippen MR) is 91.3 cm³/mol. The maximum Gasteiger partial charge on any atom is 0.513 e. The Kier molecular flexibility index (Phi) is 7.68. The van der Waals surface area contributed by atoms with Gasteiger partial charge in [-0.1, -0.05) is 0 Å². The Labute approximate surface area is 159 Å². The number of ether oxygens (including phenoxy) is 3. The van der Waals surface area contributed by atoms with Gasteiger partial charge in [-0.15, -0.1) is 0 Å². The summed E-state index contributed by atoms with van der Waals surface area (Å²) in [6, 6.07) is 1.50. The zero-order chi connectivity index (χ0) is 21.5. The summed E-state index contributed by atoms with van der Waals surface area (Å²) in [6.07, 6.45) is -1.62. The molecular formula is C16H20N2O10. The van der Waals surface area contributed by atoms with Crippen LogP contribution in [-0.2, 0) is 24.0 Å². The van der Waals surface area contributed by atoms with E-state index in [1.54, 1.807) is 20.8 Å². The molecule has 0 saturated carbocycles. The van der Waals surface area contributed by atoms with Gasteiger partial charge in [-0.3, -0.25) is 19.8 Å². The molecule has 12 nitrogen and oxygen atoms in total. The Hall–Kier alpha value is -3.41. The zero-order valence-electron chi connectivity index (χ0n) is 15.6. The summed E-state index contributed by atoms with van der Waals surface area (Å²) in [5.41, 5.74) is 4.36. The summed E-state index contributed by atoms with van der Waals surface area (Å²) in [5.74, 6) is -2.66. The summed E-state index contributed by atoms with van der Waals surface area (Å²) >= 11 is 0. The van der Waals surface area contributed by atoms with E-state index in [0.29, 0.717) is 0 Å². The van der Waals surface area contributed by atoms with Crippen LogP contribution in [0.25, 0.3) is 0 Å². The number of carbonyl (C=O) groups is 3. The topological polar surface area (TPSA) is 167 Å². The molecule has 0 heterocycles. The summed E-state index contributed by atoms with van der Waals surface area (Å²) in [7, 11) is 1.05. The van der Waals surface area contributed by atoms with E-state index in [1.807, 2.05) is 0 Å². The number of methoxy groups -OCH3 is 1. The molecule has 0 fully saturated rings. The van der Waals surface area contributed by atoms with E-state index in [2.05, 4.69) is 9.62 Å². The number of hydrogen-bond acceptors (Lipinski definition) is 11. The van der Waals surface area contributed by atoms with Crippen LogP contribution >= 0.6 is 0 Å². The van der Waals surface area contributed by atoms with Crippen molar-refractivity contribution < 1.29 is 43.3 Å². The average molecular weight is 400 g/mol. The highest BCUT2D eigenvalue weighted by atomic mass is 17.2. The number of benzene rings is 1. The number of nitrogens with zero attached hydrogens (tertiary/aromatic N) is 1. The van der Waals surface area contributed by atoms with Gasteiger partial charge in [0.2, 0.25) is 5.75 Å². The van der Waals surface area contributed by atoms with Gasteiger partial charge in [-0.05, 0) is 26.8 Å². The van der Waals surface area contributed by atoms with E-state index in [0.717, 1.165) is 25.3 Å². The van der Waals surface area contributed by atoms with Crippen molar-refractivity contribution in [1.82, 2.24) is 0 Å². The number of non-ortho nitro benzene ring substituents is 1. The number of nitrogens with two attached hydrogens (primary N) is 1. The number of carbonyl (C=O) groups excluding carboxylic acids is 3. The van der Waals surface area contributed by atoms with E-state index < -0.39 is 52.5 Å². The molecule has 12 heteroatoms. The molecule has 2 N–H and O–H groups in total. The molecule has 28 heavy (non-hydrogen) atoms. The van der Waals surface area contributed by atoms with Gasteiger partial charge in [0.1, 0.15) is 11.6 Å². The maximum atomic E-state index is 11.9. The van der Waals surface area contributed by atoms with Gasteiger partial charge in [0.25, 0.3) is 5.69 Å². The maximum absolute atomic E-state index is 11.9. The van der Waals surface area contributed by atoms with Crippen LogP contribution in [0, 0.1) is 10.1 Å². The second kappa shape index (κ2) is 9.50. The van der Waals surface area contributed by atoms with Crippen molar-refractivity contribution >= 4 is 23.8 Å². The molecule has 0 amide bonds. The lowest BCUT2D eigenvalue weighted by Gasteiger charge is -2.20. The van der Waals surface area contributed by atoms with Crippen LogP contribution in [0.4, 0.5) is 10.5 Å². The van der Waals surface area contributed by atoms with Gasteiger partial charge in [-0.25, -0.2) is 14.5 Å². The number of esters is 1. The first-order chi connectivity index (χ1) is 12.9. The fourth-order valence-electron chi connectivity index (χ4n) is 1.69. The van der Waals surface area contributed by atoms with E-state index in [4.69, 9.17) is 20.1 Å². The van der Waals surface area contributed by atoms with Gasteiger partial charge in [0.15, 0.2) is 5.75 Å². The molecule has 1 aromatic rings. The van der Waals surface area contributed by atoms with E-state index >= 15 is 0 Å². The highest BCUT2D eigenvalue weighted by Crippen LogP contribution is 2.32. The second-order valence-electron chi connectivity index (χ2n) is 6.33. The van der Waals surface area contributed by atoms with Gasteiger partial charge in [0, 0.05) is 6.07 Å². The van der Waals surface area contributed by atoms with Crippen LogP contribution in [0.1, 0.15) is 27.2 Å². The van der Waals surface area contributed by atoms with Crippen LogP contribution < -0.4 is 15.4 Å². The lowest BCUT2D eigenvalue weighted by atomic mass is 10.2. The highest BCUT2D eigenvalue weighted by molar-refractivity contribution is 5.82. The van der Waals surface area contributed by atoms with Crippen LogP contribution in [0.5, 0.6) is 11.5 Å². The normalized spacial score (nSPS) is 11.8. The minimum absolute atomic E-state index is 0.314. The third-order valence-electron chi connectivity index (χ3n) is 2.82. The Bertz CT molecular complexity index is 756. The lowest BCUT2D eigenvalue weighted by Crippen LogP contribution is -2.37. The molecule has 0 aliphatic heterocycles. The molecular weight excluding hydrogens is 380 g/mol. The largest absolute Gasteiger partial charge is 0.513 e. The minimum atomic E-state index is -1.42. The van der Waals surface area contributed by atoms with Crippen molar-refractivity contribution in [2.24, 2.45) is 5.73 Å². The van der Waals surface area contributed by atoms with Crippen molar-refractivity contribution in [3.63, 3.8) is 0 Å². The summed E-state index contributed by atoms with van der Waals surface area (Å²) in [5, 5.41) is 10.9. The van der Waals surface area contributed by atoms with Crippen molar-refractivity contribution in [2.75, 3.05) is 7.11 Å².